The Kier molecular flexibility index (Phi) is 2.71. The van der Waals surface area contributed by atoms with Crippen LogP contribution in [0.25, 0.3) is 32.4 Å². The molecule has 1 nitrogen and oxygen atoms in total. The molecule has 0 atom stereocenters. The number of hydrogen-bond acceptors (Lipinski definition) is 1. The molecule has 3 radical (unpaired) electrons. The van der Waals surface area contributed by atoms with Crippen molar-refractivity contribution < 1.29 is 0 Å². The number of benzene rings is 3. The summed E-state index contributed by atoms with van der Waals surface area (Å²) in [7, 11) is 0. The molecule has 87 valence electrons. The molecule has 1 heterocycles. The highest BCUT2D eigenvalue weighted by molar-refractivity contribution is 6.15. The Balaban J connectivity index is 0.00000110. The topological polar surface area (TPSA) is 12.9 Å². The third kappa shape index (κ3) is 1.68. The van der Waals surface area contributed by atoms with E-state index in [2.05, 4.69) is 59.6 Å². The molecule has 0 N–H and O–H groups in total. The van der Waals surface area contributed by atoms with E-state index < -0.39 is 0 Å². The predicted molar refractivity (Wildman–Crippen MR) is 82.5 cm³/mol. The standard InChI is InChI=1S/C17H11N.B/c1-2-6-14-12(4-1)7-10-16-15(14)9-8-13-5-3-11-18-17(13)16;/h1-11H;. The lowest BCUT2D eigenvalue weighted by Gasteiger charge is -2.06. The highest BCUT2D eigenvalue weighted by Gasteiger charge is 2.04. The van der Waals surface area contributed by atoms with Gasteiger partial charge < -0.3 is 0 Å². The van der Waals surface area contributed by atoms with E-state index in [1.165, 1.54) is 26.9 Å². The van der Waals surface area contributed by atoms with E-state index in [1.807, 2.05) is 12.3 Å². The summed E-state index contributed by atoms with van der Waals surface area (Å²) in [5.41, 5.74) is 1.08. The number of pyridine rings is 1. The van der Waals surface area contributed by atoms with Gasteiger partial charge in [-0.3, -0.25) is 4.98 Å². The molecular weight excluding hydrogens is 229 g/mol. The lowest BCUT2D eigenvalue weighted by atomic mass is 10.00. The molecule has 0 bridgehead atoms. The first kappa shape index (κ1) is 11.7. The molecule has 0 saturated heterocycles. The van der Waals surface area contributed by atoms with E-state index in [0.29, 0.717) is 0 Å². The molecule has 0 spiro atoms. The molecule has 3 aromatic carbocycles. The van der Waals surface area contributed by atoms with Gasteiger partial charge in [0.05, 0.1) is 5.52 Å². The fourth-order valence-corrected chi connectivity index (χ4v) is 2.63. The summed E-state index contributed by atoms with van der Waals surface area (Å²) in [5, 5.41) is 6.27. The number of fused-ring (bicyclic) bond motifs is 5. The summed E-state index contributed by atoms with van der Waals surface area (Å²) in [4.78, 5) is 4.52. The average molecular weight is 240 g/mol. The van der Waals surface area contributed by atoms with Crippen LogP contribution in [0.2, 0.25) is 0 Å². The van der Waals surface area contributed by atoms with E-state index in [1.54, 1.807) is 0 Å². The van der Waals surface area contributed by atoms with Crippen molar-refractivity contribution in [2.75, 3.05) is 0 Å². The normalized spacial score (nSPS) is 10.7. The Labute approximate surface area is 113 Å². The van der Waals surface area contributed by atoms with Crippen LogP contribution in [-0.4, -0.2) is 13.4 Å². The van der Waals surface area contributed by atoms with Gasteiger partial charge in [0.25, 0.3) is 0 Å². The van der Waals surface area contributed by atoms with Gasteiger partial charge in [-0.05, 0) is 22.2 Å². The number of rotatable bonds is 0. The van der Waals surface area contributed by atoms with Crippen LogP contribution < -0.4 is 0 Å². The minimum atomic E-state index is 0. The molecule has 0 unspecified atom stereocenters. The molecule has 0 amide bonds. The van der Waals surface area contributed by atoms with Crippen molar-refractivity contribution in [3.63, 3.8) is 0 Å². The second-order valence-corrected chi connectivity index (χ2v) is 4.52. The van der Waals surface area contributed by atoms with Crippen LogP contribution in [0, 0.1) is 0 Å². The highest BCUT2D eigenvalue weighted by Crippen LogP contribution is 2.29. The van der Waals surface area contributed by atoms with Crippen LogP contribution in [0.4, 0.5) is 0 Å². The van der Waals surface area contributed by atoms with Gasteiger partial charge in [0.2, 0.25) is 0 Å². The minimum Gasteiger partial charge on any atom is -0.256 e. The van der Waals surface area contributed by atoms with Crippen molar-refractivity contribution in [2.45, 2.75) is 0 Å². The Bertz CT molecular complexity index is 808. The maximum absolute atomic E-state index is 4.52. The van der Waals surface area contributed by atoms with E-state index in [4.69, 9.17) is 0 Å². The summed E-state index contributed by atoms with van der Waals surface area (Å²) in [6, 6.07) is 21.3. The highest BCUT2D eigenvalue weighted by atomic mass is 14.6. The van der Waals surface area contributed by atoms with E-state index in [0.717, 1.165) is 5.52 Å². The minimum absolute atomic E-state index is 0. The lowest BCUT2D eigenvalue weighted by molar-refractivity contribution is 1.43. The Morgan fingerprint density at radius 1 is 0.579 bits per heavy atom. The zero-order valence-corrected chi connectivity index (χ0v) is 10.4. The molecule has 0 aliphatic heterocycles. The molecule has 0 aliphatic rings. The van der Waals surface area contributed by atoms with Crippen LogP contribution in [0.5, 0.6) is 0 Å². The Morgan fingerprint density at radius 3 is 2.26 bits per heavy atom. The summed E-state index contributed by atoms with van der Waals surface area (Å²) in [6.07, 6.45) is 1.86. The van der Waals surface area contributed by atoms with Gasteiger partial charge in [0.15, 0.2) is 0 Å². The van der Waals surface area contributed by atoms with Gasteiger partial charge in [0, 0.05) is 25.4 Å². The fourth-order valence-electron chi connectivity index (χ4n) is 2.63. The SMILES string of the molecule is [B].c1ccc2c(c1)ccc1c2ccc2cccnc21. The van der Waals surface area contributed by atoms with Crippen molar-refractivity contribution in [2.24, 2.45) is 0 Å². The van der Waals surface area contributed by atoms with Crippen LogP contribution in [-0.2, 0) is 0 Å². The van der Waals surface area contributed by atoms with Crippen LogP contribution in [0.1, 0.15) is 0 Å². The van der Waals surface area contributed by atoms with Crippen molar-refractivity contribution in [3.05, 3.63) is 66.9 Å². The van der Waals surface area contributed by atoms with E-state index >= 15 is 0 Å². The molecule has 0 saturated carbocycles. The molecular formula is C17H11BN. The zero-order chi connectivity index (χ0) is 11.9. The van der Waals surface area contributed by atoms with E-state index in [-0.39, 0.29) is 8.41 Å². The zero-order valence-electron chi connectivity index (χ0n) is 10.4. The largest absolute Gasteiger partial charge is 0.256 e. The molecule has 0 fully saturated rings. The van der Waals surface area contributed by atoms with Crippen molar-refractivity contribution >= 4 is 40.9 Å². The van der Waals surface area contributed by atoms with Gasteiger partial charge >= 0.3 is 0 Å². The summed E-state index contributed by atoms with van der Waals surface area (Å²) in [5.74, 6) is 0. The molecule has 19 heavy (non-hydrogen) atoms. The maximum Gasteiger partial charge on any atom is 0.0780 e. The lowest BCUT2D eigenvalue weighted by Crippen LogP contribution is -1.82. The van der Waals surface area contributed by atoms with Gasteiger partial charge in [-0.15, -0.1) is 0 Å². The first-order valence-corrected chi connectivity index (χ1v) is 6.09. The average Bonchev–Trinajstić information content (AvgIpc) is 2.46. The molecule has 1 aromatic heterocycles. The second kappa shape index (κ2) is 4.40. The Hall–Kier alpha value is -2.35. The number of nitrogens with zero attached hydrogens (tertiary/aromatic N) is 1. The summed E-state index contributed by atoms with van der Waals surface area (Å²) >= 11 is 0. The molecule has 4 aromatic rings. The van der Waals surface area contributed by atoms with Crippen LogP contribution in [0.3, 0.4) is 0 Å². The quantitative estimate of drug-likeness (QED) is 0.332. The second-order valence-electron chi connectivity index (χ2n) is 4.52. The monoisotopic (exact) mass is 240 g/mol. The van der Waals surface area contributed by atoms with E-state index in [9.17, 15) is 0 Å². The smallest absolute Gasteiger partial charge is 0.0780 e. The third-order valence-electron chi connectivity index (χ3n) is 3.49. The van der Waals surface area contributed by atoms with Gasteiger partial charge in [-0.2, -0.15) is 0 Å². The van der Waals surface area contributed by atoms with Crippen molar-refractivity contribution in [3.8, 4) is 0 Å². The van der Waals surface area contributed by atoms with Gasteiger partial charge in [-0.1, -0.05) is 54.6 Å². The Morgan fingerprint density at radius 2 is 1.32 bits per heavy atom. The van der Waals surface area contributed by atoms with Crippen molar-refractivity contribution in [1.29, 1.82) is 0 Å². The predicted octanol–water partition coefficient (Wildman–Crippen LogP) is 4.16. The summed E-state index contributed by atoms with van der Waals surface area (Å²) in [6.45, 7) is 0. The van der Waals surface area contributed by atoms with Crippen molar-refractivity contribution in [1.82, 2.24) is 4.98 Å². The van der Waals surface area contributed by atoms with Crippen LogP contribution >= 0.6 is 0 Å². The fraction of sp³-hybridized carbons (Fsp3) is 0. The summed E-state index contributed by atoms with van der Waals surface area (Å²) < 4.78 is 0. The first-order chi connectivity index (χ1) is 8.93. The maximum atomic E-state index is 4.52. The molecule has 0 aliphatic carbocycles. The van der Waals surface area contributed by atoms with Gasteiger partial charge in [0.1, 0.15) is 0 Å². The number of hydrogen-bond donors (Lipinski definition) is 0. The van der Waals surface area contributed by atoms with Crippen LogP contribution in [0.15, 0.2) is 66.9 Å². The third-order valence-corrected chi connectivity index (χ3v) is 3.49. The molecule has 4 rings (SSSR count). The van der Waals surface area contributed by atoms with Gasteiger partial charge in [-0.25, -0.2) is 0 Å². The number of aromatic nitrogens is 1. The first-order valence-electron chi connectivity index (χ1n) is 6.09. The molecule has 2 heteroatoms.